The third kappa shape index (κ3) is 4.50. The van der Waals surface area contributed by atoms with Gasteiger partial charge in [0.05, 0.1) is 13.0 Å². The standard InChI is InChI=1S/C19H21NO3/c1-3-23-19(22)12-18(20)17-9-5-8-16(11-17)15-7-4-6-14(10-15)13(2)21/h4-11,18H,3,12,20H2,1-2H3. The minimum Gasteiger partial charge on any atom is -0.466 e. The van der Waals surface area contributed by atoms with Crippen LogP contribution in [0.4, 0.5) is 0 Å². The average molecular weight is 311 g/mol. The Kier molecular flexibility index (Phi) is 5.66. The lowest BCUT2D eigenvalue weighted by Gasteiger charge is -2.13. The number of ether oxygens (including phenoxy) is 1. The molecule has 0 saturated carbocycles. The van der Waals surface area contributed by atoms with Gasteiger partial charge in [-0.05, 0) is 42.7 Å². The Bertz CT molecular complexity index is 709. The van der Waals surface area contributed by atoms with Crippen molar-refractivity contribution < 1.29 is 14.3 Å². The lowest BCUT2D eigenvalue weighted by Crippen LogP contribution is -2.17. The summed E-state index contributed by atoms with van der Waals surface area (Å²) in [6.07, 6.45) is 0.144. The van der Waals surface area contributed by atoms with Gasteiger partial charge in [0, 0.05) is 11.6 Å². The topological polar surface area (TPSA) is 69.4 Å². The summed E-state index contributed by atoms with van der Waals surface area (Å²) in [6, 6.07) is 14.7. The predicted octanol–water partition coefficient (Wildman–Crippen LogP) is 3.51. The fourth-order valence-corrected chi connectivity index (χ4v) is 2.38. The fourth-order valence-electron chi connectivity index (χ4n) is 2.38. The van der Waals surface area contributed by atoms with E-state index in [-0.39, 0.29) is 18.2 Å². The van der Waals surface area contributed by atoms with Gasteiger partial charge < -0.3 is 10.5 Å². The molecule has 2 aromatic carbocycles. The first kappa shape index (κ1) is 16.9. The van der Waals surface area contributed by atoms with Crippen LogP contribution >= 0.6 is 0 Å². The molecular formula is C19H21NO3. The van der Waals surface area contributed by atoms with Crippen LogP contribution in [0.5, 0.6) is 0 Å². The summed E-state index contributed by atoms with van der Waals surface area (Å²) in [7, 11) is 0. The predicted molar refractivity (Wildman–Crippen MR) is 90.1 cm³/mol. The van der Waals surface area contributed by atoms with Gasteiger partial charge in [0.2, 0.25) is 0 Å². The van der Waals surface area contributed by atoms with Gasteiger partial charge in [-0.2, -0.15) is 0 Å². The molecule has 4 heteroatoms. The number of hydrogen-bond acceptors (Lipinski definition) is 4. The number of benzene rings is 2. The Morgan fingerprint density at radius 2 is 1.74 bits per heavy atom. The van der Waals surface area contributed by atoms with Crippen molar-refractivity contribution in [1.82, 2.24) is 0 Å². The summed E-state index contributed by atoms with van der Waals surface area (Å²) in [5.74, 6) is -0.272. The van der Waals surface area contributed by atoms with E-state index < -0.39 is 6.04 Å². The second-order valence-electron chi connectivity index (χ2n) is 5.38. The zero-order valence-corrected chi connectivity index (χ0v) is 13.4. The van der Waals surface area contributed by atoms with Crippen LogP contribution in [0.25, 0.3) is 11.1 Å². The number of rotatable bonds is 6. The van der Waals surface area contributed by atoms with Crippen molar-refractivity contribution in [3.8, 4) is 11.1 Å². The van der Waals surface area contributed by atoms with E-state index in [0.717, 1.165) is 16.7 Å². The molecule has 0 aliphatic carbocycles. The highest BCUT2D eigenvalue weighted by molar-refractivity contribution is 5.95. The molecule has 0 bridgehead atoms. The Labute approximate surface area is 136 Å². The quantitative estimate of drug-likeness (QED) is 0.654. The second kappa shape index (κ2) is 7.70. The van der Waals surface area contributed by atoms with Crippen LogP contribution < -0.4 is 5.73 Å². The van der Waals surface area contributed by atoms with Crippen molar-refractivity contribution in [2.24, 2.45) is 5.73 Å². The third-order valence-corrected chi connectivity index (χ3v) is 3.61. The summed E-state index contributed by atoms with van der Waals surface area (Å²) in [5.41, 5.74) is 9.54. The van der Waals surface area contributed by atoms with Crippen LogP contribution in [0.2, 0.25) is 0 Å². The van der Waals surface area contributed by atoms with Gasteiger partial charge in [-0.15, -0.1) is 0 Å². The largest absolute Gasteiger partial charge is 0.466 e. The molecule has 0 fully saturated rings. The van der Waals surface area contributed by atoms with Gasteiger partial charge in [0.15, 0.2) is 5.78 Å². The first-order valence-electron chi connectivity index (χ1n) is 7.63. The van der Waals surface area contributed by atoms with Gasteiger partial charge >= 0.3 is 5.97 Å². The number of carbonyl (C=O) groups excluding carboxylic acids is 2. The van der Waals surface area contributed by atoms with Crippen molar-refractivity contribution in [3.63, 3.8) is 0 Å². The molecule has 0 saturated heterocycles. The Balaban J connectivity index is 2.24. The highest BCUT2D eigenvalue weighted by Crippen LogP contribution is 2.25. The van der Waals surface area contributed by atoms with Crippen LogP contribution in [0.15, 0.2) is 48.5 Å². The van der Waals surface area contributed by atoms with E-state index in [9.17, 15) is 9.59 Å². The first-order valence-corrected chi connectivity index (χ1v) is 7.63. The van der Waals surface area contributed by atoms with E-state index in [4.69, 9.17) is 10.5 Å². The molecule has 2 aromatic rings. The van der Waals surface area contributed by atoms with E-state index in [1.807, 2.05) is 42.5 Å². The summed E-state index contributed by atoms with van der Waals surface area (Å²) >= 11 is 0. The van der Waals surface area contributed by atoms with Gasteiger partial charge in [0.1, 0.15) is 0 Å². The molecule has 2 rings (SSSR count). The van der Waals surface area contributed by atoms with Gasteiger partial charge in [0.25, 0.3) is 0 Å². The normalized spacial score (nSPS) is 11.8. The molecule has 0 heterocycles. The zero-order chi connectivity index (χ0) is 16.8. The maximum absolute atomic E-state index is 11.6. The smallest absolute Gasteiger partial charge is 0.307 e. The molecule has 0 spiro atoms. The molecule has 0 aliphatic heterocycles. The fraction of sp³-hybridized carbons (Fsp3) is 0.263. The van der Waals surface area contributed by atoms with Gasteiger partial charge in [-0.3, -0.25) is 9.59 Å². The average Bonchev–Trinajstić information content (AvgIpc) is 2.55. The van der Waals surface area contributed by atoms with Crippen molar-refractivity contribution in [1.29, 1.82) is 0 Å². The lowest BCUT2D eigenvalue weighted by molar-refractivity contribution is -0.143. The van der Waals surface area contributed by atoms with E-state index in [1.54, 1.807) is 19.9 Å². The summed E-state index contributed by atoms with van der Waals surface area (Å²) in [4.78, 5) is 23.1. The minimum absolute atomic E-state index is 0.0296. The van der Waals surface area contributed by atoms with E-state index >= 15 is 0 Å². The monoisotopic (exact) mass is 311 g/mol. The Hall–Kier alpha value is -2.46. The molecule has 1 atom stereocenters. The highest BCUT2D eigenvalue weighted by Gasteiger charge is 2.13. The van der Waals surface area contributed by atoms with Crippen molar-refractivity contribution in [2.75, 3.05) is 6.61 Å². The molecule has 0 aromatic heterocycles. The highest BCUT2D eigenvalue weighted by atomic mass is 16.5. The summed E-state index contributed by atoms with van der Waals surface area (Å²) in [6.45, 7) is 3.67. The summed E-state index contributed by atoms with van der Waals surface area (Å²) < 4.78 is 4.93. The Morgan fingerprint density at radius 1 is 1.09 bits per heavy atom. The third-order valence-electron chi connectivity index (χ3n) is 3.61. The van der Waals surface area contributed by atoms with Crippen molar-refractivity contribution in [2.45, 2.75) is 26.3 Å². The number of Topliss-reactive ketones (excluding diaryl/α,β-unsaturated/α-hetero) is 1. The van der Waals surface area contributed by atoms with Crippen LogP contribution in [0.3, 0.4) is 0 Å². The number of ketones is 1. The maximum atomic E-state index is 11.6. The molecule has 1 unspecified atom stereocenters. The van der Waals surface area contributed by atoms with Crippen LogP contribution in [-0.2, 0) is 9.53 Å². The van der Waals surface area contributed by atoms with Crippen LogP contribution in [0, 0.1) is 0 Å². The molecule has 23 heavy (non-hydrogen) atoms. The molecule has 0 amide bonds. The number of hydrogen-bond donors (Lipinski definition) is 1. The van der Waals surface area contributed by atoms with Gasteiger partial charge in [-0.25, -0.2) is 0 Å². The summed E-state index contributed by atoms with van der Waals surface area (Å²) in [5, 5.41) is 0. The zero-order valence-electron chi connectivity index (χ0n) is 13.4. The van der Waals surface area contributed by atoms with Gasteiger partial charge in [-0.1, -0.05) is 36.4 Å². The van der Waals surface area contributed by atoms with E-state index in [0.29, 0.717) is 12.2 Å². The van der Waals surface area contributed by atoms with E-state index in [2.05, 4.69) is 0 Å². The maximum Gasteiger partial charge on any atom is 0.307 e. The molecular weight excluding hydrogens is 290 g/mol. The van der Waals surface area contributed by atoms with Crippen molar-refractivity contribution in [3.05, 3.63) is 59.7 Å². The number of nitrogens with two attached hydrogens (primary N) is 1. The molecule has 0 aliphatic rings. The Morgan fingerprint density at radius 3 is 2.39 bits per heavy atom. The first-order chi connectivity index (χ1) is 11.0. The SMILES string of the molecule is CCOC(=O)CC(N)c1cccc(-c2cccc(C(C)=O)c2)c1. The number of esters is 1. The molecule has 120 valence electrons. The van der Waals surface area contributed by atoms with Crippen LogP contribution in [0.1, 0.15) is 42.2 Å². The molecule has 4 nitrogen and oxygen atoms in total. The lowest BCUT2D eigenvalue weighted by atomic mass is 9.97. The molecule has 2 N–H and O–H groups in total. The van der Waals surface area contributed by atoms with Crippen LogP contribution in [-0.4, -0.2) is 18.4 Å². The minimum atomic E-state index is -0.412. The van der Waals surface area contributed by atoms with Crippen molar-refractivity contribution >= 4 is 11.8 Å². The second-order valence-corrected chi connectivity index (χ2v) is 5.38. The molecule has 0 radical (unpaired) electrons. The van der Waals surface area contributed by atoms with E-state index in [1.165, 1.54) is 0 Å². The number of carbonyl (C=O) groups is 2.